The Morgan fingerprint density at radius 3 is 2.75 bits per heavy atom. The van der Waals surface area contributed by atoms with Crippen LogP contribution in [-0.2, 0) is 13.6 Å². The molecule has 0 aliphatic rings. The van der Waals surface area contributed by atoms with E-state index in [1.165, 1.54) is 17.7 Å². The van der Waals surface area contributed by atoms with Gasteiger partial charge >= 0.3 is 0 Å². The molecule has 0 fully saturated rings. The molecule has 0 aliphatic heterocycles. The monoisotopic (exact) mass is 170 g/mol. The van der Waals surface area contributed by atoms with Crippen LogP contribution in [0.15, 0.2) is 10.9 Å². The number of rotatable bonds is 1. The van der Waals surface area contributed by atoms with Crippen LogP contribution in [0.5, 0.6) is 0 Å². The first kappa shape index (κ1) is 8.93. The Bertz CT molecular complexity index is 357. The highest BCUT2D eigenvalue weighted by Gasteiger charge is 2.06. The SMILES string of the molecule is Cc1c(F)cc(CN)c(=O)n1C. The maximum atomic E-state index is 13.0. The largest absolute Gasteiger partial charge is 0.326 e. The van der Waals surface area contributed by atoms with Crippen molar-refractivity contribution < 1.29 is 4.39 Å². The highest BCUT2D eigenvalue weighted by molar-refractivity contribution is 5.16. The highest BCUT2D eigenvalue weighted by Crippen LogP contribution is 2.03. The molecular formula is C8H11FN2O. The second-order valence-corrected chi connectivity index (χ2v) is 2.67. The van der Waals surface area contributed by atoms with E-state index in [2.05, 4.69) is 0 Å². The molecule has 1 heterocycles. The molecule has 2 N–H and O–H groups in total. The van der Waals surface area contributed by atoms with Gasteiger partial charge in [0.15, 0.2) is 0 Å². The van der Waals surface area contributed by atoms with Crippen molar-refractivity contribution in [2.24, 2.45) is 12.8 Å². The molecule has 0 bridgehead atoms. The summed E-state index contributed by atoms with van der Waals surface area (Å²) in [5.74, 6) is -0.391. The Kier molecular flexibility index (Phi) is 2.28. The first-order valence-electron chi connectivity index (χ1n) is 3.63. The minimum atomic E-state index is -0.391. The van der Waals surface area contributed by atoms with Gasteiger partial charge in [-0.05, 0) is 13.0 Å². The zero-order valence-corrected chi connectivity index (χ0v) is 7.10. The molecular weight excluding hydrogens is 159 g/mol. The molecule has 1 rings (SSSR count). The Labute approximate surface area is 69.6 Å². The van der Waals surface area contributed by atoms with Crippen molar-refractivity contribution in [3.8, 4) is 0 Å². The molecule has 4 heteroatoms. The predicted octanol–water partition coefficient (Wildman–Crippen LogP) is 0.292. The third-order valence-corrected chi connectivity index (χ3v) is 1.95. The maximum absolute atomic E-state index is 13.0. The molecule has 0 aliphatic carbocycles. The standard InChI is InChI=1S/C8H11FN2O/c1-5-7(9)3-6(4-10)8(12)11(5)2/h3H,4,10H2,1-2H3. The minimum absolute atomic E-state index is 0.0733. The van der Waals surface area contributed by atoms with Gasteiger partial charge in [-0.3, -0.25) is 4.79 Å². The molecule has 1 aromatic heterocycles. The summed E-state index contributed by atoms with van der Waals surface area (Å²) in [5, 5.41) is 0. The summed E-state index contributed by atoms with van der Waals surface area (Å²) in [6, 6.07) is 1.19. The van der Waals surface area contributed by atoms with Crippen LogP contribution in [0.4, 0.5) is 4.39 Å². The van der Waals surface area contributed by atoms with E-state index in [-0.39, 0.29) is 12.1 Å². The van der Waals surface area contributed by atoms with Gasteiger partial charge in [0.05, 0.1) is 5.69 Å². The lowest BCUT2D eigenvalue weighted by Gasteiger charge is -2.06. The van der Waals surface area contributed by atoms with Crippen LogP contribution in [0.25, 0.3) is 0 Å². The third kappa shape index (κ3) is 1.25. The quantitative estimate of drug-likeness (QED) is 0.658. The minimum Gasteiger partial charge on any atom is -0.326 e. The maximum Gasteiger partial charge on any atom is 0.255 e. The topological polar surface area (TPSA) is 48.0 Å². The second kappa shape index (κ2) is 3.06. The Hall–Kier alpha value is -1.16. The van der Waals surface area contributed by atoms with Gasteiger partial charge in [-0.1, -0.05) is 0 Å². The number of hydrogen-bond donors (Lipinski definition) is 1. The number of pyridine rings is 1. The lowest BCUT2D eigenvalue weighted by Crippen LogP contribution is -2.25. The number of nitrogens with two attached hydrogens (primary N) is 1. The van der Waals surface area contributed by atoms with E-state index >= 15 is 0 Å². The summed E-state index contributed by atoms with van der Waals surface area (Å²) >= 11 is 0. The number of hydrogen-bond acceptors (Lipinski definition) is 2. The van der Waals surface area contributed by atoms with Crippen LogP contribution in [0.2, 0.25) is 0 Å². The fraction of sp³-hybridized carbons (Fsp3) is 0.375. The Balaban J connectivity index is 3.50. The van der Waals surface area contributed by atoms with Crippen molar-refractivity contribution in [3.63, 3.8) is 0 Å². The molecule has 0 saturated carbocycles. The zero-order valence-electron chi connectivity index (χ0n) is 7.10. The summed E-state index contributed by atoms with van der Waals surface area (Å²) in [6.07, 6.45) is 0. The summed E-state index contributed by atoms with van der Waals surface area (Å²) in [6.45, 7) is 1.63. The predicted molar refractivity (Wildman–Crippen MR) is 44.3 cm³/mol. The molecule has 0 aromatic carbocycles. The average Bonchev–Trinajstić information content (AvgIpc) is 2.08. The normalized spacial score (nSPS) is 10.3. The molecule has 1 aromatic rings. The van der Waals surface area contributed by atoms with E-state index in [4.69, 9.17) is 5.73 Å². The van der Waals surface area contributed by atoms with Crippen LogP contribution < -0.4 is 11.3 Å². The highest BCUT2D eigenvalue weighted by atomic mass is 19.1. The lowest BCUT2D eigenvalue weighted by atomic mass is 10.2. The van der Waals surface area contributed by atoms with Gasteiger partial charge in [0.2, 0.25) is 0 Å². The van der Waals surface area contributed by atoms with Gasteiger partial charge in [0.1, 0.15) is 5.82 Å². The van der Waals surface area contributed by atoms with Crippen LogP contribution in [0.1, 0.15) is 11.3 Å². The van der Waals surface area contributed by atoms with Crippen LogP contribution in [-0.4, -0.2) is 4.57 Å². The summed E-state index contributed by atoms with van der Waals surface area (Å²) in [7, 11) is 1.53. The van der Waals surface area contributed by atoms with Gasteiger partial charge in [-0.2, -0.15) is 0 Å². The molecule has 0 spiro atoms. The lowest BCUT2D eigenvalue weighted by molar-refractivity contribution is 0.582. The van der Waals surface area contributed by atoms with E-state index in [0.29, 0.717) is 11.3 Å². The third-order valence-electron chi connectivity index (χ3n) is 1.95. The van der Waals surface area contributed by atoms with Gasteiger partial charge in [0.25, 0.3) is 5.56 Å². The van der Waals surface area contributed by atoms with E-state index in [9.17, 15) is 9.18 Å². The van der Waals surface area contributed by atoms with Crippen molar-refractivity contribution in [3.05, 3.63) is 33.5 Å². The van der Waals surface area contributed by atoms with Crippen molar-refractivity contribution >= 4 is 0 Å². The zero-order chi connectivity index (χ0) is 9.30. The van der Waals surface area contributed by atoms with Crippen LogP contribution >= 0.6 is 0 Å². The average molecular weight is 170 g/mol. The molecule has 0 saturated heterocycles. The Morgan fingerprint density at radius 2 is 2.25 bits per heavy atom. The molecule has 0 unspecified atom stereocenters. The molecule has 0 amide bonds. The van der Waals surface area contributed by atoms with Crippen molar-refractivity contribution in [1.82, 2.24) is 4.57 Å². The van der Waals surface area contributed by atoms with E-state index in [0.717, 1.165) is 0 Å². The van der Waals surface area contributed by atoms with Crippen molar-refractivity contribution in [1.29, 1.82) is 0 Å². The number of aromatic nitrogens is 1. The van der Waals surface area contributed by atoms with E-state index < -0.39 is 5.82 Å². The number of nitrogens with zero attached hydrogens (tertiary/aromatic N) is 1. The van der Waals surface area contributed by atoms with Crippen LogP contribution in [0, 0.1) is 12.7 Å². The Morgan fingerprint density at radius 1 is 1.67 bits per heavy atom. The van der Waals surface area contributed by atoms with E-state index in [1.54, 1.807) is 6.92 Å². The fourth-order valence-electron chi connectivity index (χ4n) is 0.993. The molecule has 0 atom stereocenters. The van der Waals surface area contributed by atoms with Crippen LogP contribution in [0.3, 0.4) is 0 Å². The van der Waals surface area contributed by atoms with Gasteiger partial charge in [0, 0.05) is 19.2 Å². The second-order valence-electron chi connectivity index (χ2n) is 2.67. The van der Waals surface area contributed by atoms with Crippen molar-refractivity contribution in [2.45, 2.75) is 13.5 Å². The molecule has 66 valence electrons. The fourth-order valence-corrected chi connectivity index (χ4v) is 0.993. The first-order chi connectivity index (χ1) is 5.57. The molecule has 3 nitrogen and oxygen atoms in total. The van der Waals surface area contributed by atoms with E-state index in [1.807, 2.05) is 0 Å². The number of halogens is 1. The summed E-state index contributed by atoms with van der Waals surface area (Å²) in [4.78, 5) is 11.3. The van der Waals surface area contributed by atoms with Gasteiger partial charge < -0.3 is 10.3 Å². The van der Waals surface area contributed by atoms with Gasteiger partial charge in [-0.25, -0.2) is 4.39 Å². The summed E-state index contributed by atoms with van der Waals surface area (Å²) in [5.41, 5.74) is 5.67. The summed E-state index contributed by atoms with van der Waals surface area (Å²) < 4.78 is 14.3. The van der Waals surface area contributed by atoms with Gasteiger partial charge in [-0.15, -0.1) is 0 Å². The first-order valence-corrected chi connectivity index (χ1v) is 3.63. The molecule has 0 radical (unpaired) electrons. The molecule has 12 heavy (non-hydrogen) atoms. The van der Waals surface area contributed by atoms with Crippen molar-refractivity contribution in [2.75, 3.05) is 0 Å². The smallest absolute Gasteiger partial charge is 0.255 e.